The van der Waals surface area contributed by atoms with Crippen LogP contribution in [0.1, 0.15) is 43.7 Å². The molecule has 3 nitrogen and oxygen atoms in total. The molecule has 0 amide bonds. The number of benzene rings is 1. The van der Waals surface area contributed by atoms with E-state index in [4.69, 9.17) is 16.3 Å². The summed E-state index contributed by atoms with van der Waals surface area (Å²) in [4.78, 5) is 0. The van der Waals surface area contributed by atoms with Crippen LogP contribution in [0.3, 0.4) is 0 Å². The maximum atomic E-state index is 10.8. The van der Waals surface area contributed by atoms with E-state index in [-0.39, 0.29) is 0 Å². The van der Waals surface area contributed by atoms with Crippen LogP contribution in [0.2, 0.25) is 5.02 Å². The van der Waals surface area contributed by atoms with Gasteiger partial charge in [0.15, 0.2) is 0 Å². The van der Waals surface area contributed by atoms with Crippen molar-refractivity contribution in [3.05, 3.63) is 28.3 Å². The van der Waals surface area contributed by atoms with Gasteiger partial charge in [0.2, 0.25) is 0 Å². The molecule has 0 bridgehead atoms. The van der Waals surface area contributed by atoms with Gasteiger partial charge in [0.05, 0.1) is 12.2 Å². The van der Waals surface area contributed by atoms with E-state index in [9.17, 15) is 5.11 Å². The summed E-state index contributed by atoms with van der Waals surface area (Å²) in [5.74, 6) is 0.941. The number of fused-ring (bicyclic) bond motifs is 1. The SMILES string of the molecule is CC(O)(Cc1cc(Cl)cc2c1OCC2)CC1CCCCN1. The Morgan fingerprint density at radius 2 is 2.29 bits per heavy atom. The van der Waals surface area contributed by atoms with Gasteiger partial charge < -0.3 is 15.2 Å². The highest BCUT2D eigenvalue weighted by atomic mass is 35.5. The van der Waals surface area contributed by atoms with E-state index in [1.54, 1.807) is 0 Å². The van der Waals surface area contributed by atoms with E-state index in [2.05, 4.69) is 5.32 Å². The van der Waals surface area contributed by atoms with Crippen molar-refractivity contribution in [1.29, 1.82) is 0 Å². The standard InChI is InChI=1S/C17H24ClNO2/c1-17(20,11-15-4-2-3-6-19-15)10-13-9-14(18)8-12-5-7-21-16(12)13/h8-9,15,19-20H,2-7,10-11H2,1H3. The Kier molecular flexibility index (Phi) is 4.43. The molecule has 1 aromatic rings. The van der Waals surface area contributed by atoms with Gasteiger partial charge in [-0.1, -0.05) is 18.0 Å². The molecule has 1 fully saturated rings. The Bertz CT molecular complexity index is 510. The second-order valence-corrected chi connectivity index (χ2v) is 7.11. The largest absolute Gasteiger partial charge is 0.493 e. The molecule has 2 heterocycles. The number of piperidine rings is 1. The van der Waals surface area contributed by atoms with Crippen LogP contribution in [0, 0.1) is 0 Å². The van der Waals surface area contributed by atoms with Gasteiger partial charge in [0.25, 0.3) is 0 Å². The Labute approximate surface area is 131 Å². The van der Waals surface area contributed by atoms with Crippen molar-refractivity contribution < 1.29 is 9.84 Å². The van der Waals surface area contributed by atoms with Crippen LogP contribution in [0.5, 0.6) is 5.75 Å². The van der Waals surface area contributed by atoms with E-state index >= 15 is 0 Å². The fourth-order valence-electron chi connectivity index (χ4n) is 3.59. The summed E-state index contributed by atoms with van der Waals surface area (Å²) < 4.78 is 5.74. The van der Waals surface area contributed by atoms with Crippen LogP contribution in [-0.2, 0) is 12.8 Å². The van der Waals surface area contributed by atoms with Crippen LogP contribution >= 0.6 is 11.6 Å². The van der Waals surface area contributed by atoms with Crippen LogP contribution in [-0.4, -0.2) is 29.9 Å². The molecular formula is C17H24ClNO2. The number of ether oxygens (including phenoxy) is 1. The number of nitrogens with one attached hydrogen (secondary N) is 1. The highest BCUT2D eigenvalue weighted by molar-refractivity contribution is 6.30. The Morgan fingerprint density at radius 3 is 3.05 bits per heavy atom. The molecule has 2 aliphatic heterocycles. The fraction of sp³-hybridized carbons (Fsp3) is 0.647. The van der Waals surface area contributed by atoms with Crippen molar-refractivity contribution in [3.8, 4) is 5.75 Å². The molecule has 2 N–H and O–H groups in total. The average Bonchev–Trinajstić information content (AvgIpc) is 2.87. The predicted molar refractivity (Wildman–Crippen MR) is 85.2 cm³/mol. The molecule has 4 heteroatoms. The van der Waals surface area contributed by atoms with Gasteiger partial charge in [-0.2, -0.15) is 0 Å². The first kappa shape index (κ1) is 15.1. The number of hydrogen-bond acceptors (Lipinski definition) is 3. The number of hydrogen-bond donors (Lipinski definition) is 2. The summed E-state index contributed by atoms with van der Waals surface area (Å²) >= 11 is 6.20. The van der Waals surface area contributed by atoms with Crippen LogP contribution in [0.15, 0.2) is 12.1 Å². The summed E-state index contributed by atoms with van der Waals surface area (Å²) in [6.45, 7) is 3.71. The molecule has 0 aromatic heterocycles. The van der Waals surface area contributed by atoms with Gasteiger partial charge in [-0.3, -0.25) is 0 Å². The lowest BCUT2D eigenvalue weighted by atomic mass is 9.86. The van der Waals surface area contributed by atoms with Crippen molar-refractivity contribution in [2.45, 2.75) is 57.1 Å². The summed E-state index contributed by atoms with van der Waals surface area (Å²) in [6, 6.07) is 4.33. The summed E-state index contributed by atoms with van der Waals surface area (Å²) in [7, 11) is 0. The minimum absolute atomic E-state index is 0.418. The van der Waals surface area contributed by atoms with Crippen LogP contribution < -0.4 is 10.1 Å². The van der Waals surface area contributed by atoms with Crippen LogP contribution in [0.4, 0.5) is 0 Å². The molecule has 2 aliphatic rings. The monoisotopic (exact) mass is 309 g/mol. The third-order valence-corrected chi connectivity index (χ3v) is 4.71. The first-order valence-corrected chi connectivity index (χ1v) is 8.31. The van der Waals surface area contributed by atoms with Crippen molar-refractivity contribution in [2.24, 2.45) is 0 Å². The van der Waals surface area contributed by atoms with Crippen molar-refractivity contribution in [2.75, 3.05) is 13.2 Å². The maximum Gasteiger partial charge on any atom is 0.126 e. The first-order chi connectivity index (χ1) is 10.0. The molecule has 21 heavy (non-hydrogen) atoms. The molecule has 0 aliphatic carbocycles. The zero-order valence-corrected chi connectivity index (χ0v) is 13.4. The predicted octanol–water partition coefficient (Wildman–Crippen LogP) is 3.10. The van der Waals surface area contributed by atoms with Gasteiger partial charge in [0, 0.05) is 23.9 Å². The van der Waals surface area contributed by atoms with E-state index < -0.39 is 5.60 Å². The van der Waals surface area contributed by atoms with Crippen molar-refractivity contribution in [1.82, 2.24) is 5.32 Å². The minimum atomic E-state index is -0.737. The molecule has 0 saturated carbocycles. The Hall–Kier alpha value is -0.770. The average molecular weight is 310 g/mol. The van der Waals surface area contributed by atoms with Crippen molar-refractivity contribution in [3.63, 3.8) is 0 Å². The Morgan fingerprint density at radius 1 is 1.43 bits per heavy atom. The first-order valence-electron chi connectivity index (χ1n) is 7.93. The lowest BCUT2D eigenvalue weighted by Gasteiger charge is -2.32. The van der Waals surface area contributed by atoms with Gasteiger partial charge in [-0.25, -0.2) is 0 Å². The molecule has 116 valence electrons. The second kappa shape index (κ2) is 6.15. The van der Waals surface area contributed by atoms with Crippen molar-refractivity contribution >= 4 is 11.6 Å². The normalized spacial score (nSPS) is 24.2. The number of aliphatic hydroxyl groups is 1. The molecule has 3 rings (SSSR count). The van der Waals surface area contributed by atoms with Gasteiger partial charge in [-0.05, 0) is 56.0 Å². The van der Waals surface area contributed by atoms with Crippen LogP contribution in [0.25, 0.3) is 0 Å². The molecule has 1 saturated heterocycles. The second-order valence-electron chi connectivity index (χ2n) is 6.68. The van der Waals surface area contributed by atoms with Gasteiger partial charge in [0.1, 0.15) is 5.75 Å². The molecule has 0 radical (unpaired) electrons. The maximum absolute atomic E-state index is 10.8. The summed E-state index contributed by atoms with van der Waals surface area (Å²) in [6.07, 6.45) is 5.93. The number of halogens is 1. The zero-order chi connectivity index (χ0) is 14.9. The van der Waals surface area contributed by atoms with E-state index in [0.717, 1.165) is 48.7 Å². The van der Waals surface area contributed by atoms with E-state index in [1.807, 2.05) is 19.1 Å². The fourth-order valence-corrected chi connectivity index (χ4v) is 3.85. The van der Waals surface area contributed by atoms with E-state index in [1.165, 1.54) is 18.4 Å². The third-order valence-electron chi connectivity index (χ3n) is 4.50. The quantitative estimate of drug-likeness (QED) is 0.898. The molecule has 2 atom stereocenters. The Balaban J connectivity index is 1.72. The third kappa shape index (κ3) is 3.71. The molecular weight excluding hydrogens is 286 g/mol. The molecule has 0 spiro atoms. The number of rotatable bonds is 4. The highest BCUT2D eigenvalue weighted by Crippen LogP contribution is 2.35. The molecule has 2 unspecified atom stereocenters. The minimum Gasteiger partial charge on any atom is -0.493 e. The highest BCUT2D eigenvalue weighted by Gasteiger charge is 2.29. The van der Waals surface area contributed by atoms with Gasteiger partial charge in [-0.15, -0.1) is 0 Å². The lowest BCUT2D eigenvalue weighted by molar-refractivity contribution is 0.0366. The van der Waals surface area contributed by atoms with E-state index in [0.29, 0.717) is 12.5 Å². The zero-order valence-electron chi connectivity index (χ0n) is 12.6. The summed E-state index contributed by atoms with van der Waals surface area (Å²) in [5.41, 5.74) is 1.47. The summed E-state index contributed by atoms with van der Waals surface area (Å²) in [5, 5.41) is 15.0. The molecule has 1 aromatic carbocycles. The lowest BCUT2D eigenvalue weighted by Crippen LogP contribution is -2.41. The smallest absolute Gasteiger partial charge is 0.126 e. The topological polar surface area (TPSA) is 41.5 Å². The van der Waals surface area contributed by atoms with Gasteiger partial charge >= 0.3 is 0 Å².